The van der Waals surface area contributed by atoms with Crippen molar-refractivity contribution < 1.29 is 0 Å². The van der Waals surface area contributed by atoms with E-state index in [0.717, 1.165) is 6.04 Å². The molecular weight excluding hydrogens is 270 g/mol. The van der Waals surface area contributed by atoms with Gasteiger partial charge in [0.05, 0.1) is 0 Å². The summed E-state index contributed by atoms with van der Waals surface area (Å²) in [6.07, 6.45) is 0. The summed E-state index contributed by atoms with van der Waals surface area (Å²) in [6, 6.07) is 10.5. The Kier molecular flexibility index (Phi) is 4.74. The summed E-state index contributed by atoms with van der Waals surface area (Å²) < 4.78 is 0. The number of anilines is 1. The summed E-state index contributed by atoms with van der Waals surface area (Å²) >= 11 is 0. The molecule has 1 aromatic rings. The highest BCUT2D eigenvalue weighted by molar-refractivity contribution is 5.52. The van der Waals surface area contributed by atoms with Gasteiger partial charge in [-0.2, -0.15) is 0 Å². The standard InChI is InChI=1S/C19H31N3/c1-15(2)17-6-5-7-18(12-17)22-13-19(14-22)21-10-8-20(9-11-21)16(3)4/h5-7,12,15-16,19H,8-11,13-14H2,1-4H3. The highest BCUT2D eigenvalue weighted by Gasteiger charge is 2.33. The van der Waals surface area contributed by atoms with Crippen molar-refractivity contribution in [2.75, 3.05) is 44.2 Å². The lowest BCUT2D eigenvalue weighted by Crippen LogP contribution is -2.63. The van der Waals surface area contributed by atoms with Crippen molar-refractivity contribution in [1.29, 1.82) is 0 Å². The van der Waals surface area contributed by atoms with Crippen LogP contribution in [0, 0.1) is 0 Å². The van der Waals surface area contributed by atoms with Gasteiger partial charge in [0.15, 0.2) is 0 Å². The third-order valence-electron chi connectivity index (χ3n) is 5.36. The van der Waals surface area contributed by atoms with Gasteiger partial charge in [0, 0.05) is 57.0 Å². The molecule has 0 bridgehead atoms. The van der Waals surface area contributed by atoms with Gasteiger partial charge in [0.25, 0.3) is 0 Å². The van der Waals surface area contributed by atoms with Crippen LogP contribution < -0.4 is 4.90 Å². The predicted octanol–water partition coefficient (Wildman–Crippen LogP) is 3.02. The fourth-order valence-electron chi connectivity index (χ4n) is 3.60. The lowest BCUT2D eigenvalue weighted by Gasteiger charge is -2.49. The molecule has 1 aromatic carbocycles. The van der Waals surface area contributed by atoms with E-state index in [2.05, 4.69) is 66.7 Å². The van der Waals surface area contributed by atoms with Crippen molar-refractivity contribution in [2.24, 2.45) is 0 Å². The Bertz CT molecular complexity index is 483. The monoisotopic (exact) mass is 301 g/mol. The molecule has 2 saturated heterocycles. The lowest BCUT2D eigenvalue weighted by atomic mass is 10.00. The average Bonchev–Trinajstić information content (AvgIpc) is 2.46. The van der Waals surface area contributed by atoms with Gasteiger partial charge in [0.1, 0.15) is 0 Å². The number of nitrogens with zero attached hydrogens (tertiary/aromatic N) is 3. The number of rotatable bonds is 4. The smallest absolute Gasteiger partial charge is 0.0447 e. The minimum absolute atomic E-state index is 0.612. The van der Waals surface area contributed by atoms with Gasteiger partial charge in [-0.1, -0.05) is 26.0 Å². The van der Waals surface area contributed by atoms with Crippen molar-refractivity contribution in [3.05, 3.63) is 29.8 Å². The van der Waals surface area contributed by atoms with Gasteiger partial charge in [-0.3, -0.25) is 9.80 Å². The summed E-state index contributed by atoms with van der Waals surface area (Å²) in [4.78, 5) is 7.83. The molecule has 0 aliphatic carbocycles. The van der Waals surface area contributed by atoms with Crippen LogP contribution in [-0.2, 0) is 0 Å². The molecule has 0 saturated carbocycles. The summed E-state index contributed by atoms with van der Waals surface area (Å²) in [7, 11) is 0. The predicted molar refractivity (Wildman–Crippen MR) is 94.8 cm³/mol. The second-order valence-electron chi connectivity index (χ2n) is 7.47. The Morgan fingerprint density at radius 3 is 2.23 bits per heavy atom. The zero-order chi connectivity index (χ0) is 15.7. The largest absolute Gasteiger partial charge is 0.368 e. The number of hydrogen-bond donors (Lipinski definition) is 0. The Labute approximate surface area is 135 Å². The van der Waals surface area contributed by atoms with Gasteiger partial charge < -0.3 is 4.90 Å². The van der Waals surface area contributed by atoms with Crippen LogP contribution in [0.1, 0.15) is 39.2 Å². The lowest BCUT2D eigenvalue weighted by molar-refractivity contribution is 0.0678. The second kappa shape index (κ2) is 6.59. The van der Waals surface area contributed by atoms with Crippen LogP contribution in [0.3, 0.4) is 0 Å². The number of benzene rings is 1. The molecule has 3 nitrogen and oxygen atoms in total. The molecule has 2 aliphatic rings. The first kappa shape index (κ1) is 15.8. The highest BCUT2D eigenvalue weighted by Crippen LogP contribution is 2.27. The summed E-state index contributed by atoms with van der Waals surface area (Å²) in [6.45, 7) is 16.5. The van der Waals surface area contributed by atoms with E-state index < -0.39 is 0 Å². The van der Waals surface area contributed by atoms with E-state index in [9.17, 15) is 0 Å². The van der Waals surface area contributed by atoms with Crippen molar-refractivity contribution in [2.45, 2.75) is 45.7 Å². The fourth-order valence-corrected chi connectivity index (χ4v) is 3.60. The third kappa shape index (κ3) is 3.31. The van der Waals surface area contributed by atoms with E-state index in [1.165, 1.54) is 50.5 Å². The minimum Gasteiger partial charge on any atom is -0.368 e. The first-order chi connectivity index (χ1) is 10.5. The van der Waals surface area contributed by atoms with Gasteiger partial charge in [0.2, 0.25) is 0 Å². The molecule has 0 N–H and O–H groups in total. The number of piperazine rings is 1. The first-order valence-corrected chi connectivity index (χ1v) is 8.87. The van der Waals surface area contributed by atoms with Gasteiger partial charge >= 0.3 is 0 Å². The van der Waals surface area contributed by atoms with E-state index >= 15 is 0 Å². The molecule has 22 heavy (non-hydrogen) atoms. The Balaban J connectivity index is 1.51. The van der Waals surface area contributed by atoms with E-state index in [1.54, 1.807) is 0 Å². The van der Waals surface area contributed by atoms with Crippen LogP contribution in [0.5, 0.6) is 0 Å². The maximum Gasteiger partial charge on any atom is 0.0447 e. The second-order valence-corrected chi connectivity index (χ2v) is 7.47. The van der Waals surface area contributed by atoms with E-state index in [-0.39, 0.29) is 0 Å². The molecule has 0 unspecified atom stereocenters. The summed E-state index contributed by atoms with van der Waals surface area (Å²) in [5.41, 5.74) is 2.86. The zero-order valence-electron chi connectivity index (χ0n) is 14.6. The maximum absolute atomic E-state index is 2.70. The molecular formula is C19H31N3. The molecule has 0 spiro atoms. The van der Waals surface area contributed by atoms with E-state index in [0.29, 0.717) is 12.0 Å². The molecule has 3 rings (SSSR count). The normalized spacial score (nSPS) is 21.6. The van der Waals surface area contributed by atoms with Crippen LogP contribution in [0.2, 0.25) is 0 Å². The van der Waals surface area contributed by atoms with Crippen LogP contribution in [0.25, 0.3) is 0 Å². The van der Waals surface area contributed by atoms with Gasteiger partial charge in [-0.15, -0.1) is 0 Å². The average molecular weight is 301 g/mol. The van der Waals surface area contributed by atoms with Crippen LogP contribution in [-0.4, -0.2) is 61.2 Å². The fraction of sp³-hybridized carbons (Fsp3) is 0.684. The molecule has 0 atom stereocenters. The molecule has 3 heteroatoms. The molecule has 0 aromatic heterocycles. The molecule has 2 aliphatic heterocycles. The van der Waals surface area contributed by atoms with Gasteiger partial charge in [-0.25, -0.2) is 0 Å². The van der Waals surface area contributed by atoms with Crippen LogP contribution in [0.4, 0.5) is 5.69 Å². The zero-order valence-corrected chi connectivity index (χ0v) is 14.6. The van der Waals surface area contributed by atoms with Gasteiger partial charge in [-0.05, 0) is 37.5 Å². The Morgan fingerprint density at radius 2 is 1.64 bits per heavy atom. The quantitative estimate of drug-likeness (QED) is 0.846. The van der Waals surface area contributed by atoms with Crippen LogP contribution >= 0.6 is 0 Å². The van der Waals surface area contributed by atoms with Crippen LogP contribution in [0.15, 0.2) is 24.3 Å². The molecule has 0 amide bonds. The Morgan fingerprint density at radius 1 is 0.955 bits per heavy atom. The topological polar surface area (TPSA) is 9.72 Å². The Hall–Kier alpha value is -1.06. The maximum atomic E-state index is 2.70. The molecule has 2 fully saturated rings. The molecule has 0 radical (unpaired) electrons. The van der Waals surface area contributed by atoms with E-state index in [1.807, 2.05) is 0 Å². The van der Waals surface area contributed by atoms with Crippen molar-refractivity contribution in [3.8, 4) is 0 Å². The summed E-state index contributed by atoms with van der Waals surface area (Å²) in [5, 5.41) is 0. The SMILES string of the molecule is CC(C)c1cccc(N2CC(N3CCN(C(C)C)CC3)C2)c1. The van der Waals surface area contributed by atoms with Crippen molar-refractivity contribution >= 4 is 5.69 Å². The molecule has 122 valence electrons. The number of hydrogen-bond acceptors (Lipinski definition) is 3. The first-order valence-electron chi connectivity index (χ1n) is 8.87. The highest BCUT2D eigenvalue weighted by atomic mass is 15.4. The summed E-state index contributed by atoms with van der Waals surface area (Å²) in [5.74, 6) is 0.612. The molecule has 2 heterocycles. The van der Waals surface area contributed by atoms with Crippen molar-refractivity contribution in [3.63, 3.8) is 0 Å². The van der Waals surface area contributed by atoms with E-state index in [4.69, 9.17) is 0 Å². The van der Waals surface area contributed by atoms with Crippen molar-refractivity contribution in [1.82, 2.24) is 9.80 Å². The minimum atomic E-state index is 0.612. The third-order valence-corrected chi connectivity index (χ3v) is 5.36.